The minimum absolute atomic E-state index is 0.0540. The van der Waals surface area contributed by atoms with Crippen molar-refractivity contribution in [2.45, 2.75) is 13.0 Å². The highest BCUT2D eigenvalue weighted by Crippen LogP contribution is 2.10. The Kier molecular flexibility index (Phi) is 8.04. The van der Waals surface area contributed by atoms with Gasteiger partial charge in [0, 0.05) is 55.7 Å². The first-order valence-corrected chi connectivity index (χ1v) is 9.07. The van der Waals surface area contributed by atoms with Crippen molar-refractivity contribution in [3.63, 3.8) is 0 Å². The molecule has 0 atom stereocenters. The van der Waals surface area contributed by atoms with Crippen LogP contribution >= 0.6 is 15.9 Å². The first-order chi connectivity index (χ1) is 12.2. The predicted molar refractivity (Wildman–Crippen MR) is 105 cm³/mol. The number of rotatable bonds is 8. The fraction of sp³-hybridized carbons (Fsp3) is 0.333. The van der Waals surface area contributed by atoms with E-state index in [2.05, 4.69) is 41.4 Å². The van der Waals surface area contributed by atoms with E-state index in [1.165, 1.54) is 0 Å². The number of guanidine groups is 1. The van der Waals surface area contributed by atoms with Gasteiger partial charge in [0.2, 0.25) is 0 Å². The van der Waals surface area contributed by atoms with E-state index in [1.807, 2.05) is 36.7 Å². The molecule has 134 valence electrons. The van der Waals surface area contributed by atoms with Crippen LogP contribution in [0.15, 0.2) is 58.3 Å². The van der Waals surface area contributed by atoms with E-state index in [1.54, 1.807) is 19.2 Å². The zero-order chi connectivity index (χ0) is 17.9. The third-order valence-electron chi connectivity index (χ3n) is 3.59. The summed E-state index contributed by atoms with van der Waals surface area (Å²) >= 11 is 3.36. The molecule has 1 aromatic heterocycles. The summed E-state index contributed by atoms with van der Waals surface area (Å²) in [5.74, 6) is 0.716. The molecule has 0 saturated carbocycles. The van der Waals surface area contributed by atoms with Crippen LogP contribution < -0.4 is 16.0 Å². The van der Waals surface area contributed by atoms with Crippen LogP contribution in [0.1, 0.15) is 16.8 Å². The number of benzene rings is 1. The quantitative estimate of drug-likeness (QED) is 0.358. The Balaban J connectivity index is 1.57. The van der Waals surface area contributed by atoms with Gasteiger partial charge in [0.25, 0.3) is 5.91 Å². The van der Waals surface area contributed by atoms with Crippen molar-refractivity contribution in [2.24, 2.45) is 4.99 Å². The van der Waals surface area contributed by atoms with E-state index in [-0.39, 0.29) is 5.91 Å². The van der Waals surface area contributed by atoms with Crippen LogP contribution in [0.4, 0.5) is 0 Å². The number of aliphatic imine (C=N–C) groups is 1. The van der Waals surface area contributed by atoms with Crippen LogP contribution in [0.5, 0.6) is 0 Å². The minimum Gasteiger partial charge on any atom is -0.356 e. The third kappa shape index (κ3) is 7.01. The summed E-state index contributed by atoms with van der Waals surface area (Å²) in [5, 5.41) is 9.42. The average Bonchev–Trinajstić information content (AvgIpc) is 3.13. The van der Waals surface area contributed by atoms with Gasteiger partial charge in [0.15, 0.2) is 5.96 Å². The summed E-state index contributed by atoms with van der Waals surface area (Å²) in [6.45, 7) is 3.04. The summed E-state index contributed by atoms with van der Waals surface area (Å²) in [6, 6.07) is 11.3. The minimum atomic E-state index is -0.0540. The van der Waals surface area contributed by atoms with Crippen molar-refractivity contribution >= 4 is 27.8 Å². The number of aromatic nitrogens is 1. The second-order valence-electron chi connectivity index (χ2n) is 5.46. The van der Waals surface area contributed by atoms with Gasteiger partial charge in [0.1, 0.15) is 0 Å². The van der Waals surface area contributed by atoms with Crippen molar-refractivity contribution in [3.05, 3.63) is 58.8 Å². The van der Waals surface area contributed by atoms with E-state index in [0.29, 0.717) is 12.1 Å². The topological polar surface area (TPSA) is 70.4 Å². The first-order valence-electron chi connectivity index (χ1n) is 8.28. The highest BCUT2D eigenvalue weighted by molar-refractivity contribution is 9.10. The molecule has 2 rings (SSSR count). The normalized spacial score (nSPS) is 11.2. The summed E-state index contributed by atoms with van der Waals surface area (Å²) in [5.41, 5.74) is 0.665. The molecule has 0 saturated heterocycles. The van der Waals surface area contributed by atoms with Crippen LogP contribution in [0.2, 0.25) is 0 Å². The Morgan fingerprint density at radius 1 is 1.04 bits per heavy atom. The van der Waals surface area contributed by atoms with Gasteiger partial charge in [-0.1, -0.05) is 15.9 Å². The Morgan fingerprint density at radius 3 is 2.36 bits per heavy atom. The van der Waals surface area contributed by atoms with Gasteiger partial charge in [-0.05, 0) is 42.8 Å². The molecule has 0 aliphatic carbocycles. The number of carbonyl (C=O) groups excluding carboxylic acids is 1. The van der Waals surface area contributed by atoms with Gasteiger partial charge < -0.3 is 20.5 Å². The van der Waals surface area contributed by atoms with Crippen LogP contribution in [0.3, 0.4) is 0 Å². The molecular weight excluding hydrogens is 382 g/mol. The lowest BCUT2D eigenvalue weighted by molar-refractivity contribution is 0.0953. The molecule has 1 heterocycles. The van der Waals surface area contributed by atoms with Crippen molar-refractivity contribution < 1.29 is 4.79 Å². The molecule has 7 heteroatoms. The van der Waals surface area contributed by atoms with Gasteiger partial charge in [-0.15, -0.1) is 0 Å². The smallest absolute Gasteiger partial charge is 0.251 e. The van der Waals surface area contributed by atoms with Crippen molar-refractivity contribution in [1.29, 1.82) is 0 Å². The maximum Gasteiger partial charge on any atom is 0.251 e. The molecule has 25 heavy (non-hydrogen) atoms. The van der Waals surface area contributed by atoms with E-state index in [9.17, 15) is 4.79 Å². The number of hydrogen-bond acceptors (Lipinski definition) is 2. The van der Waals surface area contributed by atoms with E-state index < -0.39 is 0 Å². The highest BCUT2D eigenvalue weighted by Gasteiger charge is 2.04. The van der Waals surface area contributed by atoms with Crippen molar-refractivity contribution in [2.75, 3.05) is 26.7 Å². The summed E-state index contributed by atoms with van der Waals surface area (Å²) in [4.78, 5) is 16.2. The van der Waals surface area contributed by atoms with Crippen molar-refractivity contribution in [1.82, 2.24) is 20.5 Å². The lowest BCUT2D eigenvalue weighted by Crippen LogP contribution is -2.40. The van der Waals surface area contributed by atoms with Gasteiger partial charge in [-0.3, -0.25) is 9.79 Å². The Bertz CT molecular complexity index is 667. The SMILES string of the molecule is CN=C(NCCCNC(=O)c1ccc(Br)cc1)NCCn1cccc1. The predicted octanol–water partition coefficient (Wildman–Crippen LogP) is 2.24. The molecule has 2 aromatic rings. The van der Waals surface area contributed by atoms with Crippen LogP contribution in [-0.2, 0) is 6.54 Å². The molecule has 0 aliphatic rings. The molecule has 3 N–H and O–H groups in total. The molecule has 0 aliphatic heterocycles. The van der Waals surface area contributed by atoms with Crippen LogP contribution in [0.25, 0.3) is 0 Å². The molecular formula is C18H24BrN5O. The monoisotopic (exact) mass is 405 g/mol. The lowest BCUT2D eigenvalue weighted by atomic mass is 10.2. The lowest BCUT2D eigenvalue weighted by Gasteiger charge is -2.12. The van der Waals surface area contributed by atoms with Gasteiger partial charge in [-0.2, -0.15) is 0 Å². The zero-order valence-electron chi connectivity index (χ0n) is 14.3. The highest BCUT2D eigenvalue weighted by atomic mass is 79.9. The number of amides is 1. The maximum absolute atomic E-state index is 12.0. The Morgan fingerprint density at radius 2 is 1.68 bits per heavy atom. The van der Waals surface area contributed by atoms with E-state index in [0.717, 1.165) is 36.5 Å². The molecule has 0 unspecified atom stereocenters. The van der Waals surface area contributed by atoms with Gasteiger partial charge >= 0.3 is 0 Å². The first kappa shape index (κ1) is 19.1. The maximum atomic E-state index is 12.0. The second kappa shape index (κ2) is 10.6. The molecule has 0 bridgehead atoms. The van der Waals surface area contributed by atoms with Gasteiger partial charge in [0.05, 0.1) is 0 Å². The largest absolute Gasteiger partial charge is 0.356 e. The van der Waals surface area contributed by atoms with Crippen LogP contribution in [0, 0.1) is 0 Å². The number of halogens is 1. The number of nitrogens with one attached hydrogen (secondary N) is 3. The van der Waals surface area contributed by atoms with Gasteiger partial charge in [-0.25, -0.2) is 0 Å². The number of hydrogen-bond donors (Lipinski definition) is 3. The number of carbonyl (C=O) groups is 1. The molecule has 0 spiro atoms. The van der Waals surface area contributed by atoms with E-state index >= 15 is 0 Å². The fourth-order valence-corrected chi connectivity index (χ4v) is 2.51. The fourth-order valence-electron chi connectivity index (χ4n) is 2.24. The molecule has 0 fully saturated rings. The molecule has 6 nitrogen and oxygen atoms in total. The summed E-state index contributed by atoms with van der Waals surface area (Å²) in [6.07, 6.45) is 4.89. The summed E-state index contributed by atoms with van der Waals surface area (Å²) < 4.78 is 3.07. The summed E-state index contributed by atoms with van der Waals surface area (Å²) in [7, 11) is 1.75. The van der Waals surface area contributed by atoms with Crippen LogP contribution in [-0.4, -0.2) is 43.1 Å². The molecule has 1 amide bonds. The van der Waals surface area contributed by atoms with Crippen molar-refractivity contribution in [3.8, 4) is 0 Å². The second-order valence-corrected chi connectivity index (χ2v) is 6.38. The number of nitrogens with zero attached hydrogens (tertiary/aromatic N) is 2. The third-order valence-corrected chi connectivity index (χ3v) is 4.12. The Labute approximate surface area is 156 Å². The average molecular weight is 406 g/mol. The molecule has 1 aromatic carbocycles. The molecule has 0 radical (unpaired) electrons. The Hall–Kier alpha value is -2.28. The standard InChI is InChI=1S/C18H24BrN5O/c1-20-18(23-11-14-24-12-2-3-13-24)22-10-4-9-21-17(25)15-5-7-16(19)8-6-15/h2-3,5-8,12-13H,4,9-11,14H2,1H3,(H,21,25)(H2,20,22,23). The zero-order valence-corrected chi connectivity index (χ0v) is 15.9. The van der Waals surface area contributed by atoms with E-state index in [4.69, 9.17) is 0 Å².